The van der Waals surface area contributed by atoms with E-state index >= 15 is 0 Å². The summed E-state index contributed by atoms with van der Waals surface area (Å²) >= 11 is 1.43. The third-order valence-electron chi connectivity index (χ3n) is 4.62. The summed E-state index contributed by atoms with van der Waals surface area (Å²) in [5, 5.41) is 25.3. The highest BCUT2D eigenvalue weighted by Crippen LogP contribution is 2.07. The fourth-order valence-electron chi connectivity index (χ4n) is 2.77. The number of hydrogen-bond acceptors (Lipinski definition) is 7. The fraction of sp³-hybridized carbons (Fsp3) is 0.476. The first-order chi connectivity index (χ1) is 15.5. The highest BCUT2D eigenvalue weighted by Gasteiger charge is 2.29. The summed E-state index contributed by atoms with van der Waals surface area (Å²) in [6, 6.07) is 4.14. The van der Waals surface area contributed by atoms with Crippen LogP contribution in [0.25, 0.3) is 0 Å². The number of hydrogen-bond donors (Lipinski definition) is 6. The SMILES string of the molecule is CSCCC(NC(=O)C(N)CC(=O)O)C(=O)NC(Cc1ccccc1)C(=O)NC(C)C(=O)O. The minimum Gasteiger partial charge on any atom is -0.481 e. The smallest absolute Gasteiger partial charge is 0.325 e. The van der Waals surface area contributed by atoms with Gasteiger partial charge >= 0.3 is 11.9 Å². The van der Waals surface area contributed by atoms with Crippen LogP contribution < -0.4 is 21.7 Å². The number of amides is 3. The summed E-state index contributed by atoms with van der Waals surface area (Å²) in [5.41, 5.74) is 6.31. The molecular weight excluding hydrogens is 452 g/mol. The zero-order chi connectivity index (χ0) is 25.0. The van der Waals surface area contributed by atoms with Crippen molar-refractivity contribution in [3.8, 4) is 0 Å². The Labute approximate surface area is 195 Å². The second-order valence-corrected chi connectivity index (χ2v) is 8.35. The monoisotopic (exact) mass is 482 g/mol. The van der Waals surface area contributed by atoms with Crippen molar-refractivity contribution in [1.82, 2.24) is 16.0 Å². The summed E-state index contributed by atoms with van der Waals surface area (Å²) in [6.07, 6.45) is 1.51. The van der Waals surface area contributed by atoms with Crippen molar-refractivity contribution in [2.75, 3.05) is 12.0 Å². The summed E-state index contributed by atoms with van der Waals surface area (Å²) in [6.45, 7) is 1.30. The Morgan fingerprint density at radius 3 is 2.06 bits per heavy atom. The number of carbonyl (C=O) groups excluding carboxylic acids is 3. The van der Waals surface area contributed by atoms with E-state index in [4.69, 9.17) is 15.9 Å². The van der Waals surface area contributed by atoms with Crippen LogP contribution in [0.15, 0.2) is 30.3 Å². The molecule has 11 nitrogen and oxygen atoms in total. The van der Waals surface area contributed by atoms with E-state index in [9.17, 15) is 24.0 Å². The van der Waals surface area contributed by atoms with E-state index in [0.717, 1.165) is 5.56 Å². The fourth-order valence-corrected chi connectivity index (χ4v) is 3.24. The zero-order valence-corrected chi connectivity index (χ0v) is 19.3. The van der Waals surface area contributed by atoms with Gasteiger partial charge in [0.25, 0.3) is 0 Å². The Hall–Kier alpha value is -3.12. The molecule has 0 bridgehead atoms. The molecule has 0 spiro atoms. The van der Waals surface area contributed by atoms with Crippen LogP contribution in [0.5, 0.6) is 0 Å². The van der Waals surface area contributed by atoms with Gasteiger partial charge in [-0.2, -0.15) is 11.8 Å². The van der Waals surface area contributed by atoms with Gasteiger partial charge in [-0.15, -0.1) is 0 Å². The Balaban J connectivity index is 3.01. The lowest BCUT2D eigenvalue weighted by Crippen LogP contribution is -2.57. The average Bonchev–Trinajstić information content (AvgIpc) is 2.75. The van der Waals surface area contributed by atoms with Gasteiger partial charge in [-0.05, 0) is 30.9 Å². The van der Waals surface area contributed by atoms with Gasteiger partial charge in [-0.1, -0.05) is 30.3 Å². The Morgan fingerprint density at radius 2 is 1.52 bits per heavy atom. The molecule has 0 aromatic heterocycles. The minimum absolute atomic E-state index is 0.0898. The number of nitrogens with two attached hydrogens (primary N) is 1. The molecule has 0 heterocycles. The average molecular weight is 483 g/mol. The van der Waals surface area contributed by atoms with E-state index in [2.05, 4.69) is 16.0 Å². The lowest BCUT2D eigenvalue weighted by atomic mass is 10.0. The van der Waals surface area contributed by atoms with Crippen LogP contribution >= 0.6 is 11.8 Å². The van der Waals surface area contributed by atoms with Gasteiger partial charge < -0.3 is 31.9 Å². The maximum Gasteiger partial charge on any atom is 0.325 e. The van der Waals surface area contributed by atoms with Gasteiger partial charge in [0.2, 0.25) is 17.7 Å². The molecular formula is C21H30N4O7S. The topological polar surface area (TPSA) is 188 Å². The minimum atomic E-state index is -1.34. The molecule has 1 aromatic rings. The van der Waals surface area contributed by atoms with Crippen molar-refractivity contribution >= 4 is 41.4 Å². The molecule has 33 heavy (non-hydrogen) atoms. The summed E-state index contributed by atoms with van der Waals surface area (Å²) in [7, 11) is 0. The predicted octanol–water partition coefficient (Wildman–Crippen LogP) is -0.657. The first-order valence-electron chi connectivity index (χ1n) is 10.2. The highest BCUT2D eigenvalue weighted by atomic mass is 32.2. The first kappa shape index (κ1) is 27.9. The highest BCUT2D eigenvalue weighted by molar-refractivity contribution is 7.98. The number of carbonyl (C=O) groups is 5. The molecule has 0 saturated heterocycles. The third-order valence-corrected chi connectivity index (χ3v) is 5.26. The van der Waals surface area contributed by atoms with E-state index in [-0.39, 0.29) is 12.8 Å². The largest absolute Gasteiger partial charge is 0.481 e. The first-order valence-corrected chi connectivity index (χ1v) is 11.6. The number of carboxylic acids is 2. The molecule has 0 fully saturated rings. The van der Waals surface area contributed by atoms with Crippen LogP contribution in [0.4, 0.5) is 0 Å². The van der Waals surface area contributed by atoms with E-state index in [1.54, 1.807) is 30.3 Å². The lowest BCUT2D eigenvalue weighted by molar-refractivity contribution is -0.141. The summed E-state index contributed by atoms with van der Waals surface area (Å²) in [4.78, 5) is 59.9. The van der Waals surface area contributed by atoms with Gasteiger partial charge in [0.15, 0.2) is 0 Å². The van der Waals surface area contributed by atoms with Crippen LogP contribution in [-0.4, -0.2) is 76.0 Å². The number of thioether (sulfide) groups is 1. The van der Waals surface area contributed by atoms with E-state index in [0.29, 0.717) is 5.75 Å². The normalized spacial score (nSPS) is 14.3. The second kappa shape index (κ2) is 14.1. The van der Waals surface area contributed by atoms with E-state index < -0.39 is 60.2 Å². The van der Waals surface area contributed by atoms with Gasteiger partial charge in [-0.25, -0.2) is 0 Å². The van der Waals surface area contributed by atoms with Crippen molar-refractivity contribution in [3.05, 3.63) is 35.9 Å². The van der Waals surface area contributed by atoms with Gasteiger partial charge in [0.1, 0.15) is 18.1 Å². The molecule has 1 rings (SSSR count). The molecule has 3 amide bonds. The van der Waals surface area contributed by atoms with Crippen molar-refractivity contribution in [3.63, 3.8) is 0 Å². The summed E-state index contributed by atoms with van der Waals surface area (Å²) in [5.74, 6) is -4.15. The van der Waals surface area contributed by atoms with Crippen molar-refractivity contribution in [2.24, 2.45) is 5.73 Å². The Bertz CT molecular complexity index is 837. The van der Waals surface area contributed by atoms with Crippen molar-refractivity contribution in [2.45, 2.75) is 50.4 Å². The molecule has 0 aliphatic rings. The van der Waals surface area contributed by atoms with Crippen LogP contribution in [0.3, 0.4) is 0 Å². The lowest BCUT2D eigenvalue weighted by Gasteiger charge is -2.24. The predicted molar refractivity (Wildman–Crippen MR) is 122 cm³/mol. The van der Waals surface area contributed by atoms with E-state index in [1.165, 1.54) is 18.7 Å². The molecule has 0 aliphatic carbocycles. The van der Waals surface area contributed by atoms with Crippen LogP contribution in [-0.2, 0) is 30.4 Å². The number of benzene rings is 1. The van der Waals surface area contributed by atoms with Crippen molar-refractivity contribution in [1.29, 1.82) is 0 Å². The molecule has 0 saturated carbocycles. The van der Waals surface area contributed by atoms with E-state index in [1.807, 2.05) is 6.26 Å². The quantitative estimate of drug-likeness (QED) is 0.200. The van der Waals surface area contributed by atoms with Gasteiger partial charge in [-0.3, -0.25) is 24.0 Å². The molecule has 182 valence electrons. The van der Waals surface area contributed by atoms with Crippen molar-refractivity contribution < 1.29 is 34.2 Å². The molecule has 1 aromatic carbocycles. The van der Waals surface area contributed by atoms with Crippen LogP contribution in [0, 0.1) is 0 Å². The number of carboxylic acid groups (broad SMARTS) is 2. The maximum atomic E-state index is 13.0. The summed E-state index contributed by atoms with van der Waals surface area (Å²) < 4.78 is 0. The molecule has 4 atom stereocenters. The number of rotatable bonds is 14. The molecule has 0 aliphatic heterocycles. The number of nitrogens with one attached hydrogen (secondary N) is 3. The van der Waals surface area contributed by atoms with Crippen LogP contribution in [0.2, 0.25) is 0 Å². The standard InChI is InChI=1S/C21H30N4O7S/c1-12(21(31)32)23-20(30)16(10-13-6-4-3-5-7-13)25-19(29)15(8-9-33-2)24-18(28)14(22)11-17(26)27/h3-7,12,14-16H,8-11,22H2,1-2H3,(H,23,30)(H,24,28)(H,25,29)(H,26,27)(H,31,32). The molecule has 12 heteroatoms. The molecule has 4 unspecified atom stereocenters. The maximum absolute atomic E-state index is 13.0. The Kier molecular flexibility index (Phi) is 11.9. The third kappa shape index (κ3) is 10.4. The van der Waals surface area contributed by atoms with Gasteiger partial charge in [0, 0.05) is 6.42 Å². The molecule has 0 radical (unpaired) electrons. The second-order valence-electron chi connectivity index (χ2n) is 7.37. The number of aliphatic carboxylic acids is 2. The van der Waals surface area contributed by atoms with Gasteiger partial charge in [0.05, 0.1) is 12.5 Å². The molecule has 7 N–H and O–H groups in total. The van der Waals surface area contributed by atoms with Crippen LogP contribution in [0.1, 0.15) is 25.3 Å². The Morgan fingerprint density at radius 1 is 0.939 bits per heavy atom. The zero-order valence-electron chi connectivity index (χ0n) is 18.4.